The van der Waals surface area contributed by atoms with Gasteiger partial charge in [-0.2, -0.15) is 38.3 Å². The quantitative estimate of drug-likeness (QED) is 0.506. The van der Waals surface area contributed by atoms with Crippen molar-refractivity contribution in [1.82, 2.24) is 14.8 Å². The third-order valence-corrected chi connectivity index (χ3v) is 7.12. The molecule has 2 N–H and O–H groups in total. The average molecular weight is 534 g/mol. The molecule has 1 aliphatic heterocycles. The number of hydrogen-bond acceptors (Lipinski definition) is 10. The number of hydrazone groups is 1. The molecule has 0 spiro atoms. The van der Waals surface area contributed by atoms with Gasteiger partial charge >= 0.3 is 6.18 Å². The van der Waals surface area contributed by atoms with E-state index < -0.39 is 17.3 Å². The molecule has 186 valence electrons. The molecule has 0 bridgehead atoms. The SMILES string of the molecule is CN1N=C(SCc2ccc(C(F)(F)F)cc2C#N)Sc2c1cnn(-c1cccc(OCCN)n1)c2=O. The van der Waals surface area contributed by atoms with Crippen molar-refractivity contribution in [1.29, 1.82) is 5.26 Å². The number of hydrogen-bond donors (Lipinski definition) is 1. The normalized spacial score (nSPS) is 13.1. The smallest absolute Gasteiger partial charge is 0.416 e. The number of fused-ring (bicyclic) bond motifs is 1. The minimum atomic E-state index is -4.54. The highest BCUT2D eigenvalue weighted by atomic mass is 32.2. The lowest BCUT2D eigenvalue weighted by atomic mass is 10.1. The Kier molecular flexibility index (Phi) is 7.53. The summed E-state index contributed by atoms with van der Waals surface area (Å²) in [7, 11) is 1.66. The Morgan fingerprint density at radius 1 is 1.28 bits per heavy atom. The van der Waals surface area contributed by atoms with Crippen LogP contribution in [0, 0.1) is 11.3 Å². The summed E-state index contributed by atoms with van der Waals surface area (Å²) >= 11 is 2.32. The molecule has 0 aliphatic carbocycles. The minimum absolute atomic E-state index is 0.0677. The van der Waals surface area contributed by atoms with E-state index in [-0.39, 0.29) is 23.7 Å². The van der Waals surface area contributed by atoms with Gasteiger partial charge in [-0.1, -0.05) is 35.7 Å². The summed E-state index contributed by atoms with van der Waals surface area (Å²) in [6.07, 6.45) is -3.04. The fourth-order valence-electron chi connectivity index (χ4n) is 3.15. The molecule has 0 saturated carbocycles. The van der Waals surface area contributed by atoms with Gasteiger partial charge in [-0.05, 0) is 23.8 Å². The molecule has 0 fully saturated rings. The molecular weight excluding hydrogens is 515 g/mol. The molecule has 3 heterocycles. The number of rotatable bonds is 6. The molecule has 4 rings (SSSR count). The van der Waals surface area contributed by atoms with Crippen molar-refractivity contribution in [2.24, 2.45) is 10.8 Å². The Labute approximate surface area is 211 Å². The lowest BCUT2D eigenvalue weighted by Gasteiger charge is -2.23. The van der Waals surface area contributed by atoms with Gasteiger partial charge in [-0.25, -0.2) is 0 Å². The number of anilines is 1. The first-order valence-corrected chi connectivity index (χ1v) is 12.2. The zero-order chi connectivity index (χ0) is 25.9. The van der Waals surface area contributed by atoms with Gasteiger partial charge in [0.15, 0.2) is 10.2 Å². The topological polar surface area (TPSA) is 122 Å². The van der Waals surface area contributed by atoms with Crippen LogP contribution >= 0.6 is 23.5 Å². The van der Waals surface area contributed by atoms with Gasteiger partial charge in [0.1, 0.15) is 11.5 Å². The van der Waals surface area contributed by atoms with Crippen LogP contribution in [0.1, 0.15) is 16.7 Å². The molecule has 0 radical (unpaired) electrons. The molecule has 0 atom stereocenters. The summed E-state index contributed by atoms with van der Waals surface area (Å²) < 4.78 is 46.0. The Morgan fingerprint density at radius 2 is 2.08 bits per heavy atom. The van der Waals surface area contributed by atoms with Crippen LogP contribution in [0.15, 0.2) is 57.4 Å². The Bertz CT molecular complexity index is 1420. The van der Waals surface area contributed by atoms with E-state index in [1.54, 1.807) is 25.2 Å². The van der Waals surface area contributed by atoms with E-state index in [0.717, 1.165) is 28.6 Å². The molecule has 36 heavy (non-hydrogen) atoms. The summed E-state index contributed by atoms with van der Waals surface area (Å²) in [5.41, 5.74) is 5.00. The number of ether oxygens (including phenoxy) is 1. The molecule has 9 nitrogen and oxygen atoms in total. The van der Waals surface area contributed by atoms with Crippen LogP contribution in [0.4, 0.5) is 18.9 Å². The summed E-state index contributed by atoms with van der Waals surface area (Å²) in [6.45, 7) is 0.584. The van der Waals surface area contributed by atoms with E-state index in [9.17, 15) is 23.2 Å². The lowest BCUT2D eigenvalue weighted by molar-refractivity contribution is -0.137. The highest BCUT2D eigenvalue weighted by Crippen LogP contribution is 2.37. The molecule has 0 amide bonds. The largest absolute Gasteiger partial charge is 0.476 e. The molecular formula is C22H18F3N7O2S2. The average Bonchev–Trinajstić information content (AvgIpc) is 2.86. The molecule has 2 aromatic heterocycles. The van der Waals surface area contributed by atoms with Gasteiger partial charge in [0, 0.05) is 25.4 Å². The zero-order valence-electron chi connectivity index (χ0n) is 18.7. The molecule has 0 saturated heterocycles. The highest BCUT2D eigenvalue weighted by molar-refractivity contribution is 8.38. The van der Waals surface area contributed by atoms with Crippen molar-refractivity contribution in [3.8, 4) is 17.8 Å². The second kappa shape index (κ2) is 10.6. The summed E-state index contributed by atoms with van der Waals surface area (Å²) in [5.74, 6) is 0.759. The van der Waals surface area contributed by atoms with Crippen LogP contribution < -0.4 is 21.0 Å². The predicted octanol–water partition coefficient (Wildman–Crippen LogP) is 3.60. The van der Waals surface area contributed by atoms with Crippen LogP contribution in [0.25, 0.3) is 5.82 Å². The summed E-state index contributed by atoms with van der Waals surface area (Å²) in [5, 5.41) is 19.4. The van der Waals surface area contributed by atoms with Gasteiger partial charge in [-0.15, -0.1) is 0 Å². The van der Waals surface area contributed by atoms with Crippen molar-refractivity contribution in [2.45, 2.75) is 16.8 Å². The second-order valence-electron chi connectivity index (χ2n) is 7.31. The lowest BCUT2D eigenvalue weighted by Crippen LogP contribution is -2.28. The first-order chi connectivity index (χ1) is 17.2. The number of nitrogens with two attached hydrogens (primary N) is 1. The van der Waals surface area contributed by atoms with Crippen LogP contribution in [-0.2, 0) is 11.9 Å². The van der Waals surface area contributed by atoms with E-state index in [1.165, 1.54) is 29.0 Å². The Morgan fingerprint density at radius 3 is 2.81 bits per heavy atom. The third-order valence-electron chi connectivity index (χ3n) is 4.89. The van der Waals surface area contributed by atoms with Gasteiger partial charge in [0.25, 0.3) is 5.56 Å². The molecule has 3 aromatic rings. The number of nitrogens with zero attached hydrogens (tertiary/aromatic N) is 6. The fraction of sp³-hybridized carbons (Fsp3) is 0.227. The van der Waals surface area contributed by atoms with Crippen molar-refractivity contribution in [3.05, 3.63) is 69.6 Å². The summed E-state index contributed by atoms with van der Waals surface area (Å²) in [6, 6.07) is 9.81. The summed E-state index contributed by atoms with van der Waals surface area (Å²) in [4.78, 5) is 17.9. The number of nitriles is 1. The highest BCUT2D eigenvalue weighted by Gasteiger charge is 2.31. The number of thioether (sulfide) groups is 2. The standard InChI is InChI=1S/C22H18F3N7O2S2/c1-31-16-11-28-32(17-3-2-4-18(29-17)34-8-7-26)20(33)19(16)36-21(30-31)35-12-13-5-6-15(22(23,24)25)9-14(13)10-27/h2-6,9,11H,7-8,12,26H2,1H3. The first-order valence-electron chi connectivity index (χ1n) is 10.4. The number of pyridine rings is 1. The Balaban J connectivity index is 1.56. The molecule has 1 aliphatic rings. The fourth-order valence-corrected chi connectivity index (χ4v) is 5.32. The van der Waals surface area contributed by atoms with Gasteiger partial charge in [0.2, 0.25) is 5.88 Å². The van der Waals surface area contributed by atoms with Crippen molar-refractivity contribution in [3.63, 3.8) is 0 Å². The van der Waals surface area contributed by atoms with E-state index in [1.807, 2.05) is 6.07 Å². The van der Waals surface area contributed by atoms with Crippen molar-refractivity contribution in [2.75, 3.05) is 25.2 Å². The van der Waals surface area contributed by atoms with Gasteiger partial charge in [-0.3, -0.25) is 9.80 Å². The van der Waals surface area contributed by atoms with Crippen molar-refractivity contribution >= 4 is 33.6 Å². The zero-order valence-corrected chi connectivity index (χ0v) is 20.3. The van der Waals surface area contributed by atoms with Crippen LogP contribution in [0.5, 0.6) is 5.88 Å². The first kappa shape index (κ1) is 25.5. The number of halogens is 3. The van der Waals surface area contributed by atoms with E-state index in [4.69, 9.17) is 10.5 Å². The van der Waals surface area contributed by atoms with Crippen molar-refractivity contribution < 1.29 is 17.9 Å². The predicted molar refractivity (Wildman–Crippen MR) is 131 cm³/mol. The number of aromatic nitrogens is 3. The van der Waals surface area contributed by atoms with E-state index in [0.29, 0.717) is 32.9 Å². The van der Waals surface area contributed by atoms with Crippen LogP contribution in [-0.4, -0.2) is 39.3 Å². The number of alkyl halides is 3. The third kappa shape index (κ3) is 5.48. The molecule has 0 unspecified atom stereocenters. The molecule has 14 heteroatoms. The van der Waals surface area contributed by atoms with Gasteiger partial charge in [0.05, 0.1) is 29.1 Å². The molecule has 1 aromatic carbocycles. The maximum Gasteiger partial charge on any atom is 0.416 e. The monoisotopic (exact) mass is 533 g/mol. The maximum atomic E-state index is 13.3. The van der Waals surface area contributed by atoms with Crippen LogP contribution in [0.2, 0.25) is 0 Å². The van der Waals surface area contributed by atoms with Gasteiger partial charge < -0.3 is 10.5 Å². The van der Waals surface area contributed by atoms with E-state index in [2.05, 4.69) is 15.2 Å². The number of benzene rings is 1. The second-order valence-corrected chi connectivity index (χ2v) is 9.53. The Hall–Kier alpha value is -3.54. The van der Waals surface area contributed by atoms with E-state index >= 15 is 0 Å². The maximum absolute atomic E-state index is 13.3. The van der Waals surface area contributed by atoms with Crippen LogP contribution in [0.3, 0.4) is 0 Å². The minimum Gasteiger partial charge on any atom is -0.476 e.